The van der Waals surface area contributed by atoms with Crippen LogP contribution >= 0.6 is 0 Å². The second-order valence-corrected chi connectivity index (χ2v) is 26.1. The Labute approximate surface area is 532 Å². The number of aliphatic hydroxyl groups excluding tert-OH is 2. The van der Waals surface area contributed by atoms with Crippen LogP contribution in [0.3, 0.4) is 0 Å². The van der Waals surface area contributed by atoms with E-state index in [1.807, 2.05) is 0 Å². The van der Waals surface area contributed by atoms with Crippen molar-refractivity contribution in [1.82, 2.24) is 5.32 Å². The fourth-order valence-corrected chi connectivity index (χ4v) is 11.9. The molecule has 0 aliphatic rings. The maximum absolute atomic E-state index is 12.6. The predicted octanol–water partition coefficient (Wildman–Crippen LogP) is 26.6. The molecule has 0 saturated carbocycles. The lowest BCUT2D eigenvalue weighted by atomic mass is 10.0. The normalized spacial score (nSPS) is 13.1. The lowest BCUT2D eigenvalue weighted by molar-refractivity contribution is -0.123. The molecule has 0 rings (SSSR count). The highest BCUT2D eigenvalue weighted by Crippen LogP contribution is 2.20. The van der Waals surface area contributed by atoms with Gasteiger partial charge in [0.25, 0.3) is 0 Å². The minimum atomic E-state index is -0.664. The number of rotatable bonds is 71. The first-order valence-corrected chi connectivity index (χ1v) is 38.3. The van der Waals surface area contributed by atoms with Gasteiger partial charge in [0.15, 0.2) is 0 Å². The van der Waals surface area contributed by atoms with Gasteiger partial charge in [0.05, 0.1) is 18.8 Å². The van der Waals surface area contributed by atoms with Crippen LogP contribution in [-0.4, -0.2) is 34.9 Å². The van der Waals surface area contributed by atoms with E-state index in [-0.39, 0.29) is 12.5 Å². The summed E-state index contributed by atoms with van der Waals surface area (Å²) in [6, 6.07) is -0.540. The van der Waals surface area contributed by atoms with Crippen LogP contribution in [0.1, 0.15) is 406 Å². The lowest BCUT2D eigenvalue weighted by Gasteiger charge is -2.22. The molecule has 0 saturated heterocycles. The summed E-state index contributed by atoms with van der Waals surface area (Å²) < 4.78 is 0. The van der Waals surface area contributed by atoms with E-state index in [4.69, 9.17) is 0 Å². The highest BCUT2D eigenvalue weighted by atomic mass is 16.3. The Hall–Kier alpha value is -2.43. The molecule has 0 bridgehead atoms. The number of aliphatic hydroxyl groups is 2. The standard InChI is InChI=1S/C81H149NO3/c1-3-5-7-9-11-13-15-17-19-21-23-25-27-29-31-33-35-37-38-39-40-41-42-43-44-45-47-49-51-53-55-57-59-61-63-65-67-69-71-73-75-77-81(85)82-79(78-83)80(84)76-74-72-70-68-66-64-62-60-58-56-54-52-50-48-46-36-34-32-30-28-26-24-22-20-18-16-14-12-10-8-6-4-2/h5,7,11,13,17,19,23,25,29,31,35,37,39-40,79-80,83-84H,3-4,6,8-10,12,14-16,18,20-22,24,26-28,30,32-34,36,38,41-78H2,1-2H3,(H,82,85)/b7-5-,13-11-,19-17-,25-23-,31-29-,37-35-,40-39-. The summed E-state index contributed by atoms with van der Waals surface area (Å²) >= 11 is 0. The van der Waals surface area contributed by atoms with Gasteiger partial charge in [-0.05, 0) is 70.6 Å². The van der Waals surface area contributed by atoms with Crippen molar-refractivity contribution >= 4 is 5.91 Å². The van der Waals surface area contributed by atoms with Crippen LogP contribution in [0.2, 0.25) is 0 Å². The Bertz CT molecular complexity index is 1490. The fraction of sp³-hybridized carbons (Fsp3) is 0.815. The molecule has 3 N–H and O–H groups in total. The minimum Gasteiger partial charge on any atom is -0.394 e. The molecular formula is C81H149NO3. The van der Waals surface area contributed by atoms with E-state index in [2.05, 4.69) is 104 Å². The average molecular weight is 1190 g/mol. The molecule has 0 radical (unpaired) electrons. The third kappa shape index (κ3) is 72.2. The first kappa shape index (κ1) is 82.6. The summed E-state index contributed by atoms with van der Waals surface area (Å²) in [5.74, 6) is -0.0251. The third-order valence-electron chi connectivity index (χ3n) is 17.7. The summed E-state index contributed by atoms with van der Waals surface area (Å²) in [6.45, 7) is 4.28. The Kier molecular flexibility index (Phi) is 73.7. The number of carbonyl (C=O) groups is 1. The molecule has 0 fully saturated rings. The van der Waals surface area contributed by atoms with E-state index in [0.29, 0.717) is 12.8 Å². The van der Waals surface area contributed by atoms with Gasteiger partial charge >= 0.3 is 0 Å². The maximum atomic E-state index is 12.6. The number of amides is 1. The van der Waals surface area contributed by atoms with Crippen molar-refractivity contribution in [3.8, 4) is 0 Å². The summed E-state index contributed by atoms with van der Waals surface area (Å²) in [7, 11) is 0. The minimum absolute atomic E-state index is 0.0251. The van der Waals surface area contributed by atoms with Crippen LogP contribution in [0.25, 0.3) is 0 Å². The molecule has 496 valence electrons. The van der Waals surface area contributed by atoms with E-state index >= 15 is 0 Å². The SMILES string of the molecule is CC/C=C\C/C=C\C/C=C\C/C=C\C/C=C\C/C=C\C/C=C\CCCCCCCCCCCCCCCCCCCCCC(=O)NC(CO)C(O)CCCCCCCCCCCCCCCCCCCCCCCCCCCCCCCCCC. The molecule has 2 unspecified atom stereocenters. The molecule has 4 heteroatoms. The van der Waals surface area contributed by atoms with E-state index in [1.54, 1.807) is 0 Å². The Morgan fingerprint density at radius 1 is 0.294 bits per heavy atom. The summed E-state index contributed by atoms with van der Waals surface area (Å²) in [5, 5.41) is 23.5. The van der Waals surface area contributed by atoms with Crippen LogP contribution in [0.15, 0.2) is 85.1 Å². The Morgan fingerprint density at radius 3 is 0.776 bits per heavy atom. The van der Waals surface area contributed by atoms with Crippen LogP contribution in [0.5, 0.6) is 0 Å². The first-order chi connectivity index (χ1) is 42.2. The van der Waals surface area contributed by atoms with Crippen LogP contribution in [-0.2, 0) is 4.79 Å². The molecule has 0 spiro atoms. The number of unbranched alkanes of at least 4 members (excludes halogenated alkanes) is 50. The fourth-order valence-electron chi connectivity index (χ4n) is 11.9. The predicted molar refractivity (Wildman–Crippen MR) is 382 cm³/mol. The van der Waals surface area contributed by atoms with E-state index < -0.39 is 12.1 Å². The van der Waals surface area contributed by atoms with Gasteiger partial charge in [-0.3, -0.25) is 4.79 Å². The van der Waals surface area contributed by atoms with E-state index in [0.717, 1.165) is 70.6 Å². The smallest absolute Gasteiger partial charge is 0.220 e. The van der Waals surface area contributed by atoms with Gasteiger partial charge < -0.3 is 15.5 Å². The van der Waals surface area contributed by atoms with Crippen molar-refractivity contribution in [3.63, 3.8) is 0 Å². The van der Waals surface area contributed by atoms with Crippen molar-refractivity contribution in [2.75, 3.05) is 6.61 Å². The second-order valence-electron chi connectivity index (χ2n) is 26.1. The summed E-state index contributed by atoms with van der Waals surface area (Å²) in [6.07, 6.45) is 111. The van der Waals surface area contributed by atoms with Crippen molar-refractivity contribution in [3.05, 3.63) is 85.1 Å². The summed E-state index contributed by atoms with van der Waals surface area (Å²) in [4.78, 5) is 12.6. The van der Waals surface area contributed by atoms with Crippen LogP contribution in [0, 0.1) is 0 Å². The molecule has 0 aromatic carbocycles. The monoisotopic (exact) mass is 1180 g/mol. The van der Waals surface area contributed by atoms with Gasteiger partial charge in [0.2, 0.25) is 5.91 Å². The van der Waals surface area contributed by atoms with Crippen molar-refractivity contribution < 1.29 is 15.0 Å². The maximum Gasteiger partial charge on any atom is 0.220 e. The molecule has 0 aliphatic carbocycles. The zero-order valence-electron chi connectivity index (χ0n) is 57.4. The Balaban J connectivity index is 3.41. The molecule has 1 amide bonds. The average Bonchev–Trinajstić information content (AvgIpc) is 3.51. The molecule has 85 heavy (non-hydrogen) atoms. The zero-order valence-corrected chi connectivity index (χ0v) is 57.4. The molecule has 0 heterocycles. The molecular weight excluding hydrogens is 1030 g/mol. The second kappa shape index (κ2) is 75.8. The third-order valence-corrected chi connectivity index (χ3v) is 17.7. The number of carbonyl (C=O) groups excluding carboxylic acids is 1. The number of hydrogen-bond acceptors (Lipinski definition) is 3. The lowest BCUT2D eigenvalue weighted by Crippen LogP contribution is -2.45. The van der Waals surface area contributed by atoms with Gasteiger partial charge in [-0.1, -0.05) is 414 Å². The highest BCUT2D eigenvalue weighted by Gasteiger charge is 2.20. The van der Waals surface area contributed by atoms with Crippen molar-refractivity contribution in [1.29, 1.82) is 0 Å². The first-order valence-electron chi connectivity index (χ1n) is 38.3. The molecule has 4 nitrogen and oxygen atoms in total. The van der Waals surface area contributed by atoms with Crippen LogP contribution < -0.4 is 5.32 Å². The van der Waals surface area contributed by atoms with Gasteiger partial charge in [-0.2, -0.15) is 0 Å². The zero-order chi connectivity index (χ0) is 61.2. The molecule has 0 aromatic rings. The topological polar surface area (TPSA) is 69.6 Å². The number of allylic oxidation sites excluding steroid dienone is 14. The number of hydrogen-bond donors (Lipinski definition) is 3. The quantitative estimate of drug-likeness (QED) is 0.0420. The molecule has 2 atom stereocenters. The number of nitrogens with one attached hydrogen (secondary N) is 1. The molecule has 0 aliphatic heterocycles. The van der Waals surface area contributed by atoms with Gasteiger partial charge in [-0.15, -0.1) is 0 Å². The summed E-state index contributed by atoms with van der Waals surface area (Å²) in [5.41, 5.74) is 0. The van der Waals surface area contributed by atoms with Gasteiger partial charge in [0, 0.05) is 6.42 Å². The van der Waals surface area contributed by atoms with Crippen LogP contribution in [0.4, 0.5) is 0 Å². The largest absolute Gasteiger partial charge is 0.394 e. The molecule has 0 aromatic heterocycles. The van der Waals surface area contributed by atoms with Gasteiger partial charge in [0.1, 0.15) is 0 Å². The Morgan fingerprint density at radius 2 is 0.518 bits per heavy atom. The van der Waals surface area contributed by atoms with Crippen molar-refractivity contribution in [2.24, 2.45) is 0 Å². The van der Waals surface area contributed by atoms with E-state index in [1.165, 1.54) is 308 Å². The van der Waals surface area contributed by atoms with E-state index in [9.17, 15) is 15.0 Å². The van der Waals surface area contributed by atoms with Crippen molar-refractivity contribution in [2.45, 2.75) is 418 Å². The highest BCUT2D eigenvalue weighted by molar-refractivity contribution is 5.76. The van der Waals surface area contributed by atoms with Gasteiger partial charge in [-0.25, -0.2) is 0 Å².